The van der Waals surface area contributed by atoms with Gasteiger partial charge in [0.1, 0.15) is 11.5 Å². The number of nitrogens with one attached hydrogen (secondary N) is 2. The van der Waals surface area contributed by atoms with Crippen molar-refractivity contribution >= 4 is 29.3 Å². The first kappa shape index (κ1) is 26.1. The van der Waals surface area contributed by atoms with Crippen molar-refractivity contribution in [3.8, 4) is 11.5 Å². The Morgan fingerprint density at radius 1 is 1.03 bits per heavy atom. The molecule has 1 heterocycles. The Kier molecular flexibility index (Phi) is 9.13. The van der Waals surface area contributed by atoms with Gasteiger partial charge in [-0.2, -0.15) is 0 Å². The highest BCUT2D eigenvalue weighted by molar-refractivity contribution is 7.99. The van der Waals surface area contributed by atoms with Crippen LogP contribution in [-0.2, 0) is 11.8 Å². The van der Waals surface area contributed by atoms with Crippen LogP contribution < -0.4 is 20.1 Å². The van der Waals surface area contributed by atoms with Crippen molar-refractivity contribution in [2.75, 3.05) is 24.8 Å². The molecule has 0 aliphatic heterocycles. The summed E-state index contributed by atoms with van der Waals surface area (Å²) in [4.78, 5) is 25.2. The summed E-state index contributed by atoms with van der Waals surface area (Å²) in [6.45, 7) is 6.52. The van der Waals surface area contributed by atoms with Crippen LogP contribution in [0.3, 0.4) is 0 Å². The molecule has 0 unspecified atom stereocenters. The zero-order valence-corrected chi connectivity index (χ0v) is 21.4. The molecule has 2 aromatic carbocycles. The average molecular weight is 498 g/mol. The van der Waals surface area contributed by atoms with Gasteiger partial charge in [0.25, 0.3) is 5.91 Å². The number of carbonyl (C=O) groups excluding carboxylic acids is 2. The molecule has 35 heavy (non-hydrogen) atoms. The predicted molar refractivity (Wildman–Crippen MR) is 136 cm³/mol. The SMILES string of the molecule is CCOc1ccc(NC(=O)CSc2nnc([C@H](NC(=O)c3ccc(OC)cc3)C(C)C)n2C)cc1. The summed E-state index contributed by atoms with van der Waals surface area (Å²) in [5.41, 5.74) is 1.22. The number of aromatic nitrogens is 3. The Morgan fingerprint density at radius 3 is 2.29 bits per heavy atom. The van der Waals surface area contributed by atoms with Crippen molar-refractivity contribution in [2.45, 2.75) is 32.0 Å². The summed E-state index contributed by atoms with van der Waals surface area (Å²) < 4.78 is 12.4. The van der Waals surface area contributed by atoms with E-state index in [-0.39, 0.29) is 29.5 Å². The smallest absolute Gasteiger partial charge is 0.251 e. The molecule has 9 nitrogen and oxygen atoms in total. The number of benzene rings is 2. The summed E-state index contributed by atoms with van der Waals surface area (Å²) in [6, 6.07) is 13.8. The van der Waals surface area contributed by atoms with Crippen LogP contribution in [0.2, 0.25) is 0 Å². The normalized spacial score (nSPS) is 11.7. The van der Waals surface area contributed by atoms with Gasteiger partial charge in [0, 0.05) is 18.3 Å². The molecule has 1 aromatic heterocycles. The Balaban J connectivity index is 1.61. The van der Waals surface area contributed by atoms with Gasteiger partial charge in [-0.05, 0) is 61.4 Å². The molecule has 0 fully saturated rings. The van der Waals surface area contributed by atoms with Gasteiger partial charge in [0.15, 0.2) is 11.0 Å². The predicted octanol–water partition coefficient (Wildman–Crippen LogP) is 4.08. The molecule has 10 heteroatoms. The third-order valence-corrected chi connectivity index (χ3v) is 6.25. The van der Waals surface area contributed by atoms with Crippen LogP contribution in [0.25, 0.3) is 0 Å². The minimum absolute atomic E-state index is 0.0703. The van der Waals surface area contributed by atoms with Crippen LogP contribution in [-0.4, -0.2) is 46.0 Å². The first-order valence-corrected chi connectivity index (χ1v) is 12.3. The van der Waals surface area contributed by atoms with Gasteiger partial charge in [-0.15, -0.1) is 10.2 Å². The van der Waals surface area contributed by atoms with E-state index in [2.05, 4.69) is 20.8 Å². The maximum atomic E-state index is 12.8. The number of nitrogens with zero attached hydrogens (tertiary/aromatic N) is 3. The number of rotatable bonds is 11. The minimum Gasteiger partial charge on any atom is -0.497 e. The van der Waals surface area contributed by atoms with Crippen molar-refractivity contribution in [3.63, 3.8) is 0 Å². The van der Waals surface area contributed by atoms with Gasteiger partial charge < -0.3 is 24.7 Å². The number of hydrogen-bond donors (Lipinski definition) is 2. The number of hydrogen-bond acceptors (Lipinski definition) is 7. The van der Waals surface area contributed by atoms with E-state index in [1.165, 1.54) is 11.8 Å². The van der Waals surface area contributed by atoms with Crippen molar-refractivity contribution in [1.29, 1.82) is 0 Å². The highest BCUT2D eigenvalue weighted by atomic mass is 32.2. The second-order valence-corrected chi connectivity index (χ2v) is 9.06. The molecule has 0 bridgehead atoms. The number of amides is 2. The summed E-state index contributed by atoms with van der Waals surface area (Å²) in [6.07, 6.45) is 0. The van der Waals surface area contributed by atoms with Crippen LogP contribution in [0.1, 0.15) is 43.0 Å². The number of anilines is 1. The molecule has 0 aliphatic rings. The fraction of sp³-hybridized carbons (Fsp3) is 0.360. The molecule has 2 amide bonds. The molecule has 186 valence electrons. The number of methoxy groups -OCH3 is 1. The summed E-state index contributed by atoms with van der Waals surface area (Å²) in [5.74, 6) is 1.94. The Labute approximate surface area is 209 Å². The van der Waals surface area contributed by atoms with Gasteiger partial charge in [-0.1, -0.05) is 25.6 Å². The number of carbonyl (C=O) groups is 2. The fourth-order valence-electron chi connectivity index (χ4n) is 3.35. The molecule has 2 N–H and O–H groups in total. The quantitative estimate of drug-likeness (QED) is 0.384. The first-order valence-electron chi connectivity index (χ1n) is 11.3. The first-order chi connectivity index (χ1) is 16.8. The lowest BCUT2D eigenvalue weighted by Crippen LogP contribution is -2.33. The molecule has 0 spiro atoms. The van der Waals surface area contributed by atoms with Crippen LogP contribution >= 0.6 is 11.8 Å². The zero-order valence-electron chi connectivity index (χ0n) is 20.6. The van der Waals surface area contributed by atoms with Gasteiger partial charge in [0.2, 0.25) is 5.91 Å². The van der Waals surface area contributed by atoms with E-state index in [0.29, 0.717) is 34.6 Å². The van der Waals surface area contributed by atoms with Crippen molar-refractivity contribution in [3.05, 3.63) is 59.9 Å². The lowest BCUT2D eigenvalue weighted by atomic mass is 10.0. The lowest BCUT2D eigenvalue weighted by Gasteiger charge is -2.21. The van der Waals surface area contributed by atoms with E-state index in [0.717, 1.165) is 5.75 Å². The van der Waals surface area contributed by atoms with Gasteiger partial charge in [-0.25, -0.2) is 0 Å². The Morgan fingerprint density at radius 2 is 1.69 bits per heavy atom. The lowest BCUT2D eigenvalue weighted by molar-refractivity contribution is -0.113. The van der Waals surface area contributed by atoms with E-state index in [1.54, 1.807) is 43.5 Å². The Hall–Kier alpha value is -3.53. The summed E-state index contributed by atoms with van der Waals surface area (Å²) in [7, 11) is 3.41. The highest BCUT2D eigenvalue weighted by Gasteiger charge is 2.25. The van der Waals surface area contributed by atoms with E-state index < -0.39 is 0 Å². The van der Waals surface area contributed by atoms with Gasteiger partial charge >= 0.3 is 0 Å². The fourth-order valence-corrected chi connectivity index (χ4v) is 4.07. The van der Waals surface area contributed by atoms with Crippen molar-refractivity contribution in [2.24, 2.45) is 13.0 Å². The third-order valence-electron chi connectivity index (χ3n) is 5.23. The minimum atomic E-state index is -0.353. The summed E-state index contributed by atoms with van der Waals surface area (Å²) >= 11 is 1.28. The van der Waals surface area contributed by atoms with Crippen LogP contribution in [0.4, 0.5) is 5.69 Å². The van der Waals surface area contributed by atoms with E-state index >= 15 is 0 Å². The molecule has 3 aromatic rings. The van der Waals surface area contributed by atoms with Crippen LogP contribution in [0, 0.1) is 5.92 Å². The van der Waals surface area contributed by atoms with Crippen molar-refractivity contribution < 1.29 is 19.1 Å². The highest BCUT2D eigenvalue weighted by Crippen LogP contribution is 2.25. The van der Waals surface area contributed by atoms with Crippen LogP contribution in [0.5, 0.6) is 11.5 Å². The van der Waals surface area contributed by atoms with E-state index in [9.17, 15) is 9.59 Å². The number of thioether (sulfide) groups is 1. The topological polar surface area (TPSA) is 107 Å². The largest absolute Gasteiger partial charge is 0.497 e. The number of ether oxygens (including phenoxy) is 2. The molecule has 0 saturated heterocycles. The third kappa shape index (κ3) is 6.98. The second-order valence-electron chi connectivity index (χ2n) is 8.12. The average Bonchev–Trinajstić information content (AvgIpc) is 3.22. The van der Waals surface area contributed by atoms with Crippen molar-refractivity contribution in [1.82, 2.24) is 20.1 Å². The Bertz CT molecular complexity index is 1130. The zero-order chi connectivity index (χ0) is 25.4. The molecular formula is C25H31N5O4S. The monoisotopic (exact) mass is 497 g/mol. The molecule has 1 atom stereocenters. The van der Waals surface area contributed by atoms with Gasteiger partial charge in [-0.3, -0.25) is 9.59 Å². The maximum absolute atomic E-state index is 12.8. The molecule has 0 aliphatic carbocycles. The standard InChI is InChI=1S/C25H31N5O4S/c1-6-34-20-13-9-18(10-14-20)26-21(31)15-35-25-29-28-23(30(25)4)22(16(2)3)27-24(32)17-7-11-19(33-5)12-8-17/h7-14,16,22H,6,15H2,1-5H3,(H,26,31)(H,27,32)/t22-/m1/s1. The molecule has 3 rings (SSSR count). The maximum Gasteiger partial charge on any atom is 0.251 e. The second kappa shape index (κ2) is 12.3. The van der Waals surface area contributed by atoms with E-state index in [4.69, 9.17) is 9.47 Å². The molecule has 0 saturated carbocycles. The molecular weight excluding hydrogens is 466 g/mol. The van der Waals surface area contributed by atoms with Gasteiger partial charge in [0.05, 0.1) is 25.5 Å². The van der Waals surface area contributed by atoms with E-state index in [1.807, 2.05) is 44.5 Å². The molecule has 0 radical (unpaired) electrons. The summed E-state index contributed by atoms with van der Waals surface area (Å²) in [5, 5.41) is 15.1. The van der Waals surface area contributed by atoms with Crippen LogP contribution in [0.15, 0.2) is 53.7 Å².